The summed E-state index contributed by atoms with van der Waals surface area (Å²) in [4.78, 5) is 6.73. The van der Waals surface area contributed by atoms with Crippen LogP contribution >= 0.6 is 11.6 Å². The molecule has 0 radical (unpaired) electrons. The van der Waals surface area contributed by atoms with E-state index in [0.717, 1.165) is 30.8 Å². The molecule has 0 unspecified atom stereocenters. The fourth-order valence-corrected chi connectivity index (χ4v) is 3.28. The molecule has 0 bridgehead atoms. The van der Waals surface area contributed by atoms with E-state index < -0.39 is 0 Å². The number of halogens is 1. The van der Waals surface area contributed by atoms with Crippen LogP contribution in [0.15, 0.2) is 54.5 Å². The van der Waals surface area contributed by atoms with E-state index >= 15 is 0 Å². The highest BCUT2D eigenvalue weighted by Gasteiger charge is 2.29. The fraction of sp³-hybridized carbons (Fsp3) is 0.316. The number of aromatic nitrogens is 1. The van der Waals surface area contributed by atoms with Crippen molar-refractivity contribution in [2.45, 2.75) is 12.7 Å². The Morgan fingerprint density at radius 2 is 2.20 bits per heavy atom. The van der Waals surface area contributed by atoms with E-state index in [4.69, 9.17) is 21.1 Å². The first-order chi connectivity index (χ1) is 12.3. The summed E-state index contributed by atoms with van der Waals surface area (Å²) in [5, 5.41) is 3.85. The monoisotopic (exact) mass is 357 g/mol. The van der Waals surface area contributed by atoms with Gasteiger partial charge in [0.2, 0.25) is 5.88 Å². The molecule has 6 heteroatoms. The first-order valence-electron chi connectivity index (χ1n) is 8.41. The summed E-state index contributed by atoms with van der Waals surface area (Å²) >= 11 is 6.18. The summed E-state index contributed by atoms with van der Waals surface area (Å²) in [5.74, 6) is 0.584. The number of hydrogen-bond donors (Lipinski definition) is 1. The predicted octanol–water partition coefficient (Wildman–Crippen LogP) is 3.13. The third kappa shape index (κ3) is 3.72. The molecule has 130 valence electrons. The second-order valence-electron chi connectivity index (χ2n) is 6.16. The number of nitrogens with one attached hydrogen (secondary N) is 1. The van der Waals surface area contributed by atoms with Gasteiger partial charge in [0.15, 0.2) is 0 Å². The van der Waals surface area contributed by atoms with Crippen molar-refractivity contribution in [1.29, 1.82) is 0 Å². The van der Waals surface area contributed by atoms with Crippen LogP contribution in [0, 0.1) is 0 Å². The summed E-state index contributed by atoms with van der Waals surface area (Å²) in [7, 11) is 0. The van der Waals surface area contributed by atoms with Crippen LogP contribution in [0.1, 0.15) is 17.2 Å². The number of pyridine rings is 1. The Hall–Kier alpha value is -2.24. The highest BCUT2D eigenvalue weighted by Crippen LogP contribution is 2.33. The predicted molar refractivity (Wildman–Crippen MR) is 96.4 cm³/mol. The standard InChI is InChI=1S/C19H20ClN3O2/c20-15-8-17(18-11-23-7-6-21-10-16(23)13-24-18)19(22-9-15)25-12-14-4-2-1-3-5-14/h1-5,8-10,18,21H,6-7,11-13H2/t18-/m0/s1. The maximum atomic E-state index is 6.18. The molecule has 4 rings (SSSR count). The molecule has 0 aliphatic carbocycles. The van der Waals surface area contributed by atoms with Crippen molar-refractivity contribution in [1.82, 2.24) is 15.2 Å². The lowest BCUT2D eigenvalue weighted by Crippen LogP contribution is -2.43. The van der Waals surface area contributed by atoms with Gasteiger partial charge in [-0.1, -0.05) is 41.9 Å². The zero-order chi connectivity index (χ0) is 17.1. The molecule has 2 aliphatic rings. The average Bonchev–Trinajstić information content (AvgIpc) is 2.67. The van der Waals surface area contributed by atoms with Crippen LogP contribution in [0.5, 0.6) is 5.88 Å². The SMILES string of the molecule is Clc1cnc(OCc2ccccc2)c([C@@H]2CN3CCNC=C3CO2)c1. The molecular formula is C19H20ClN3O2. The first kappa shape index (κ1) is 16.2. The third-order valence-electron chi connectivity index (χ3n) is 4.43. The molecule has 25 heavy (non-hydrogen) atoms. The Kier molecular flexibility index (Phi) is 4.76. The molecule has 1 fully saturated rings. The van der Waals surface area contributed by atoms with Crippen molar-refractivity contribution in [3.8, 4) is 5.88 Å². The van der Waals surface area contributed by atoms with Crippen LogP contribution in [-0.2, 0) is 11.3 Å². The zero-order valence-electron chi connectivity index (χ0n) is 13.8. The van der Waals surface area contributed by atoms with Crippen LogP contribution in [0.4, 0.5) is 0 Å². The van der Waals surface area contributed by atoms with E-state index in [9.17, 15) is 0 Å². The number of ether oxygens (including phenoxy) is 2. The smallest absolute Gasteiger partial charge is 0.219 e. The minimum absolute atomic E-state index is 0.104. The molecule has 5 nitrogen and oxygen atoms in total. The summed E-state index contributed by atoms with van der Waals surface area (Å²) in [6.45, 7) is 3.73. The quantitative estimate of drug-likeness (QED) is 0.911. The molecule has 1 saturated heterocycles. The maximum absolute atomic E-state index is 6.18. The second kappa shape index (κ2) is 7.33. The van der Waals surface area contributed by atoms with Gasteiger partial charge in [0.1, 0.15) is 12.7 Å². The number of fused-ring (bicyclic) bond motifs is 1. The van der Waals surface area contributed by atoms with Crippen LogP contribution < -0.4 is 10.1 Å². The summed E-state index contributed by atoms with van der Waals surface area (Å²) < 4.78 is 12.0. The van der Waals surface area contributed by atoms with Gasteiger partial charge in [0.05, 0.1) is 17.3 Å². The summed E-state index contributed by atoms with van der Waals surface area (Å²) in [6.07, 6.45) is 3.54. The van der Waals surface area contributed by atoms with Crippen molar-refractivity contribution in [2.75, 3.05) is 26.2 Å². The molecule has 0 amide bonds. The maximum Gasteiger partial charge on any atom is 0.219 e. The van der Waals surface area contributed by atoms with Crippen molar-refractivity contribution in [2.24, 2.45) is 0 Å². The van der Waals surface area contributed by atoms with Gasteiger partial charge in [-0.05, 0) is 11.6 Å². The second-order valence-corrected chi connectivity index (χ2v) is 6.59. The lowest BCUT2D eigenvalue weighted by Gasteiger charge is -2.39. The minimum atomic E-state index is -0.104. The van der Waals surface area contributed by atoms with Crippen molar-refractivity contribution < 1.29 is 9.47 Å². The summed E-state index contributed by atoms with van der Waals surface area (Å²) in [5.41, 5.74) is 3.19. The van der Waals surface area contributed by atoms with Crippen molar-refractivity contribution in [3.05, 3.63) is 70.6 Å². The van der Waals surface area contributed by atoms with Crippen LogP contribution in [0.3, 0.4) is 0 Å². The van der Waals surface area contributed by atoms with Gasteiger partial charge in [-0.25, -0.2) is 4.98 Å². The van der Waals surface area contributed by atoms with Crippen LogP contribution in [0.2, 0.25) is 5.02 Å². The van der Waals surface area contributed by atoms with Gasteiger partial charge in [-0.2, -0.15) is 0 Å². The Bertz CT molecular complexity index is 767. The van der Waals surface area contributed by atoms with E-state index in [-0.39, 0.29) is 6.10 Å². The van der Waals surface area contributed by atoms with Gasteiger partial charge in [0.25, 0.3) is 0 Å². The number of benzene rings is 1. The number of hydrogen-bond acceptors (Lipinski definition) is 5. The van der Waals surface area contributed by atoms with Gasteiger partial charge in [0, 0.05) is 37.6 Å². The highest BCUT2D eigenvalue weighted by molar-refractivity contribution is 6.30. The molecular weight excluding hydrogens is 338 g/mol. The normalized spacial score (nSPS) is 19.6. The van der Waals surface area contributed by atoms with E-state index in [1.807, 2.05) is 42.6 Å². The van der Waals surface area contributed by atoms with Crippen LogP contribution in [-0.4, -0.2) is 36.1 Å². The molecule has 2 aromatic rings. The average molecular weight is 358 g/mol. The Morgan fingerprint density at radius 3 is 3.08 bits per heavy atom. The fourth-order valence-electron chi connectivity index (χ4n) is 3.11. The third-order valence-corrected chi connectivity index (χ3v) is 4.64. The number of nitrogens with zero attached hydrogens (tertiary/aromatic N) is 2. The molecule has 1 aromatic carbocycles. The molecule has 2 aliphatic heterocycles. The Morgan fingerprint density at radius 1 is 1.32 bits per heavy atom. The van der Waals surface area contributed by atoms with Gasteiger partial charge in [-0.15, -0.1) is 0 Å². The van der Waals surface area contributed by atoms with E-state index in [1.54, 1.807) is 6.20 Å². The van der Waals surface area contributed by atoms with E-state index in [1.165, 1.54) is 5.70 Å². The highest BCUT2D eigenvalue weighted by atomic mass is 35.5. The Labute approximate surface area is 152 Å². The van der Waals surface area contributed by atoms with Gasteiger partial charge in [-0.3, -0.25) is 0 Å². The largest absolute Gasteiger partial charge is 0.473 e. The lowest BCUT2D eigenvalue weighted by molar-refractivity contribution is -0.00581. The molecule has 3 heterocycles. The number of morpholine rings is 1. The van der Waals surface area contributed by atoms with E-state index in [0.29, 0.717) is 24.1 Å². The summed E-state index contributed by atoms with van der Waals surface area (Å²) in [6, 6.07) is 11.9. The van der Waals surface area contributed by atoms with Gasteiger partial charge < -0.3 is 19.7 Å². The molecule has 1 N–H and O–H groups in total. The van der Waals surface area contributed by atoms with Crippen molar-refractivity contribution >= 4 is 11.6 Å². The lowest BCUT2D eigenvalue weighted by atomic mass is 10.1. The Balaban J connectivity index is 1.53. The molecule has 1 atom stereocenters. The molecule has 1 aromatic heterocycles. The van der Waals surface area contributed by atoms with Crippen LogP contribution in [0.25, 0.3) is 0 Å². The van der Waals surface area contributed by atoms with Crippen molar-refractivity contribution in [3.63, 3.8) is 0 Å². The number of rotatable bonds is 4. The topological polar surface area (TPSA) is 46.6 Å². The first-order valence-corrected chi connectivity index (χ1v) is 8.78. The zero-order valence-corrected chi connectivity index (χ0v) is 14.6. The minimum Gasteiger partial charge on any atom is -0.473 e. The molecule has 0 spiro atoms. The molecule has 0 saturated carbocycles. The van der Waals surface area contributed by atoms with Gasteiger partial charge >= 0.3 is 0 Å². The van der Waals surface area contributed by atoms with E-state index in [2.05, 4.69) is 15.2 Å².